The Labute approximate surface area is 139 Å². The number of tetrazole rings is 1. The summed E-state index contributed by atoms with van der Waals surface area (Å²) in [5, 5.41) is 23.4. The van der Waals surface area contributed by atoms with E-state index in [1.54, 1.807) is 6.08 Å². The zero-order valence-electron chi connectivity index (χ0n) is 13.3. The fraction of sp³-hybridized carbons (Fsp3) is 0.312. The van der Waals surface area contributed by atoms with Crippen LogP contribution in [0.2, 0.25) is 0 Å². The van der Waals surface area contributed by atoms with Gasteiger partial charge in [0.25, 0.3) is 0 Å². The van der Waals surface area contributed by atoms with Crippen molar-refractivity contribution in [2.45, 2.75) is 32.4 Å². The highest BCUT2D eigenvalue weighted by atomic mass is 16.4. The van der Waals surface area contributed by atoms with Gasteiger partial charge >= 0.3 is 5.97 Å². The summed E-state index contributed by atoms with van der Waals surface area (Å²) in [7, 11) is 0. The molecule has 0 saturated carbocycles. The second-order valence-electron chi connectivity index (χ2n) is 5.33. The monoisotopic (exact) mass is 329 g/mol. The zero-order chi connectivity index (χ0) is 17.5. The number of carboxylic acid groups (broad SMARTS) is 1. The number of nitrogens with zero attached hydrogens (tertiary/aromatic N) is 4. The van der Waals surface area contributed by atoms with E-state index in [1.807, 2.05) is 31.2 Å². The summed E-state index contributed by atoms with van der Waals surface area (Å²) in [5.41, 5.74) is 1.91. The molecule has 0 spiro atoms. The molecule has 1 aromatic carbocycles. The average Bonchev–Trinajstić information content (AvgIpc) is 3.00. The van der Waals surface area contributed by atoms with Gasteiger partial charge in [0.15, 0.2) is 0 Å². The molecule has 2 rings (SSSR count). The highest BCUT2D eigenvalue weighted by Crippen LogP contribution is 2.13. The molecule has 126 valence electrons. The summed E-state index contributed by atoms with van der Waals surface area (Å²) in [6.45, 7) is 5.32. The first-order valence-corrected chi connectivity index (χ1v) is 7.47. The van der Waals surface area contributed by atoms with Gasteiger partial charge in [-0.05, 0) is 25.0 Å². The second kappa shape index (κ2) is 8.00. The van der Waals surface area contributed by atoms with E-state index in [2.05, 4.69) is 27.3 Å². The molecule has 1 atom stereocenters. The first-order chi connectivity index (χ1) is 11.5. The van der Waals surface area contributed by atoms with Gasteiger partial charge in [0.05, 0.1) is 0 Å². The lowest BCUT2D eigenvalue weighted by molar-refractivity contribution is -0.142. The molecule has 8 heteroatoms. The summed E-state index contributed by atoms with van der Waals surface area (Å²) < 4.78 is 0. The van der Waals surface area contributed by atoms with Crippen LogP contribution >= 0.6 is 0 Å². The van der Waals surface area contributed by atoms with Crippen LogP contribution in [-0.2, 0) is 16.1 Å². The summed E-state index contributed by atoms with van der Waals surface area (Å²) in [4.78, 5) is 24.2. The highest BCUT2D eigenvalue weighted by Gasteiger charge is 2.19. The maximum atomic E-state index is 12.0. The van der Waals surface area contributed by atoms with E-state index in [4.69, 9.17) is 5.11 Å². The van der Waals surface area contributed by atoms with Crippen LogP contribution in [0.25, 0.3) is 11.4 Å². The fourth-order valence-corrected chi connectivity index (χ4v) is 2.04. The number of benzene rings is 1. The molecule has 1 heterocycles. The van der Waals surface area contributed by atoms with Crippen molar-refractivity contribution in [3.05, 3.63) is 42.5 Å². The van der Waals surface area contributed by atoms with Gasteiger partial charge in [-0.1, -0.05) is 35.9 Å². The van der Waals surface area contributed by atoms with Crippen molar-refractivity contribution in [2.24, 2.45) is 0 Å². The summed E-state index contributed by atoms with van der Waals surface area (Å²) in [5.74, 6) is -1.17. The molecule has 1 aromatic heterocycles. The normalized spacial score (nSPS) is 11.7. The van der Waals surface area contributed by atoms with Gasteiger partial charge in [0.1, 0.15) is 12.6 Å². The molecule has 0 fully saturated rings. The number of nitrogens with one attached hydrogen (secondary N) is 1. The van der Waals surface area contributed by atoms with E-state index >= 15 is 0 Å². The lowest BCUT2D eigenvalue weighted by Gasteiger charge is -2.12. The van der Waals surface area contributed by atoms with Gasteiger partial charge in [-0.3, -0.25) is 4.79 Å². The first-order valence-electron chi connectivity index (χ1n) is 7.47. The molecule has 0 bridgehead atoms. The minimum absolute atomic E-state index is 0.198. The van der Waals surface area contributed by atoms with Crippen molar-refractivity contribution in [2.75, 3.05) is 0 Å². The van der Waals surface area contributed by atoms with Crippen LogP contribution in [-0.4, -0.2) is 43.2 Å². The van der Waals surface area contributed by atoms with Gasteiger partial charge in [-0.25, -0.2) is 4.79 Å². The van der Waals surface area contributed by atoms with E-state index in [-0.39, 0.29) is 13.0 Å². The van der Waals surface area contributed by atoms with Crippen LogP contribution in [0, 0.1) is 6.92 Å². The number of aliphatic carboxylic acids is 1. The van der Waals surface area contributed by atoms with Gasteiger partial charge in [-0.15, -0.1) is 16.8 Å². The van der Waals surface area contributed by atoms with Crippen LogP contribution in [0.5, 0.6) is 0 Å². The average molecular weight is 329 g/mol. The molecule has 0 aliphatic heterocycles. The standard InChI is InChI=1S/C16H19N5O3/c1-3-4-5-13(16(23)24)17-14(22)10-21-19-15(18-20-21)12-8-6-11(2)7-9-12/h3,6-9,13H,1,4-5,10H2,2H3,(H,17,22)(H,23,24). The number of aryl methyl sites for hydroxylation is 1. The number of carbonyl (C=O) groups excluding carboxylic acids is 1. The number of amides is 1. The van der Waals surface area contributed by atoms with Crippen LogP contribution in [0.1, 0.15) is 18.4 Å². The number of allylic oxidation sites excluding steroid dienone is 1. The SMILES string of the molecule is C=CCCC(NC(=O)Cn1nnc(-c2ccc(C)cc2)n1)C(=O)O. The number of rotatable bonds is 8. The zero-order valence-corrected chi connectivity index (χ0v) is 13.3. The van der Waals surface area contributed by atoms with Gasteiger partial charge in [-0.2, -0.15) is 4.80 Å². The van der Waals surface area contributed by atoms with Gasteiger partial charge in [0.2, 0.25) is 11.7 Å². The largest absolute Gasteiger partial charge is 0.480 e. The van der Waals surface area contributed by atoms with Crippen LogP contribution in [0.15, 0.2) is 36.9 Å². The van der Waals surface area contributed by atoms with E-state index in [1.165, 1.54) is 0 Å². The predicted molar refractivity (Wildman–Crippen MR) is 87.0 cm³/mol. The van der Waals surface area contributed by atoms with E-state index < -0.39 is 17.9 Å². The van der Waals surface area contributed by atoms with Gasteiger partial charge in [0, 0.05) is 5.56 Å². The minimum Gasteiger partial charge on any atom is -0.480 e. The summed E-state index contributed by atoms with van der Waals surface area (Å²) in [6.07, 6.45) is 2.38. The van der Waals surface area contributed by atoms with Gasteiger partial charge < -0.3 is 10.4 Å². The van der Waals surface area contributed by atoms with Crippen LogP contribution in [0.4, 0.5) is 0 Å². The van der Waals surface area contributed by atoms with Crippen LogP contribution in [0.3, 0.4) is 0 Å². The lowest BCUT2D eigenvalue weighted by Crippen LogP contribution is -2.42. The Morgan fingerprint density at radius 2 is 2.08 bits per heavy atom. The molecule has 8 nitrogen and oxygen atoms in total. The van der Waals surface area contributed by atoms with Crippen molar-refractivity contribution in [1.29, 1.82) is 0 Å². The number of carbonyl (C=O) groups is 2. The van der Waals surface area contributed by atoms with Crippen molar-refractivity contribution >= 4 is 11.9 Å². The smallest absolute Gasteiger partial charge is 0.326 e. The van der Waals surface area contributed by atoms with Crippen molar-refractivity contribution in [3.63, 3.8) is 0 Å². The molecule has 0 saturated heterocycles. The number of carboxylic acids is 1. The van der Waals surface area contributed by atoms with Crippen LogP contribution < -0.4 is 5.32 Å². The lowest BCUT2D eigenvalue weighted by atomic mass is 10.1. The quantitative estimate of drug-likeness (QED) is 0.704. The van der Waals surface area contributed by atoms with E-state index in [0.717, 1.165) is 15.9 Å². The van der Waals surface area contributed by atoms with Crippen molar-refractivity contribution in [1.82, 2.24) is 25.5 Å². The Kier molecular flexibility index (Phi) is 5.78. The second-order valence-corrected chi connectivity index (χ2v) is 5.33. The summed E-state index contributed by atoms with van der Waals surface area (Å²) >= 11 is 0. The minimum atomic E-state index is -1.09. The maximum Gasteiger partial charge on any atom is 0.326 e. The third-order valence-corrected chi connectivity index (χ3v) is 3.34. The number of hydrogen-bond acceptors (Lipinski definition) is 5. The Bertz CT molecular complexity index is 724. The Morgan fingerprint density at radius 3 is 2.71 bits per heavy atom. The highest BCUT2D eigenvalue weighted by molar-refractivity contribution is 5.83. The predicted octanol–water partition coefficient (Wildman–Crippen LogP) is 1.18. The molecule has 2 N–H and O–H groups in total. The number of hydrogen-bond donors (Lipinski definition) is 2. The molecule has 0 aliphatic carbocycles. The van der Waals surface area contributed by atoms with E-state index in [9.17, 15) is 9.59 Å². The Balaban J connectivity index is 1.98. The molecule has 2 aromatic rings. The van der Waals surface area contributed by atoms with Crippen molar-refractivity contribution in [3.8, 4) is 11.4 Å². The molecular weight excluding hydrogens is 310 g/mol. The molecule has 0 aliphatic rings. The first kappa shape index (κ1) is 17.3. The Morgan fingerprint density at radius 1 is 1.38 bits per heavy atom. The molecule has 24 heavy (non-hydrogen) atoms. The fourth-order valence-electron chi connectivity index (χ4n) is 2.04. The molecule has 0 radical (unpaired) electrons. The van der Waals surface area contributed by atoms with Crippen molar-refractivity contribution < 1.29 is 14.7 Å². The molecular formula is C16H19N5O3. The molecule has 1 amide bonds. The Hall–Kier alpha value is -3.03. The topological polar surface area (TPSA) is 110 Å². The van der Waals surface area contributed by atoms with E-state index in [0.29, 0.717) is 12.2 Å². The summed E-state index contributed by atoms with van der Waals surface area (Å²) in [6, 6.07) is 6.63. The third-order valence-electron chi connectivity index (χ3n) is 3.34. The third kappa shape index (κ3) is 4.73. The number of aromatic nitrogens is 4. The molecule has 1 unspecified atom stereocenters. The maximum absolute atomic E-state index is 12.0.